The van der Waals surface area contributed by atoms with Gasteiger partial charge >= 0.3 is 5.97 Å². The number of carbonyl (C=O) groups is 1. The van der Waals surface area contributed by atoms with Gasteiger partial charge in [-0.25, -0.2) is 4.79 Å². The van der Waals surface area contributed by atoms with Crippen molar-refractivity contribution in [2.24, 2.45) is 17.8 Å². The van der Waals surface area contributed by atoms with Crippen molar-refractivity contribution in [2.75, 3.05) is 6.61 Å². The van der Waals surface area contributed by atoms with Crippen molar-refractivity contribution >= 4 is 5.97 Å². The molecule has 2 nitrogen and oxygen atoms in total. The van der Waals surface area contributed by atoms with Crippen molar-refractivity contribution in [3.8, 4) is 0 Å². The minimum atomic E-state index is -0.151. The Bertz CT molecular complexity index is 263. The topological polar surface area (TPSA) is 26.3 Å². The number of fused-ring (bicyclic) bond motifs is 2. The van der Waals surface area contributed by atoms with Gasteiger partial charge in [0.25, 0.3) is 0 Å². The van der Waals surface area contributed by atoms with Crippen molar-refractivity contribution in [3.05, 3.63) is 11.6 Å². The zero-order valence-electron chi connectivity index (χ0n) is 8.95. The molecule has 2 fully saturated rings. The number of hydrogen-bond acceptors (Lipinski definition) is 2. The number of carbonyl (C=O) groups excluding carboxylic acids is 1. The van der Waals surface area contributed by atoms with Crippen molar-refractivity contribution in [1.29, 1.82) is 0 Å². The molecule has 3 unspecified atom stereocenters. The fourth-order valence-electron chi connectivity index (χ4n) is 2.99. The molecule has 0 aromatic rings. The molecule has 2 heteroatoms. The van der Waals surface area contributed by atoms with Gasteiger partial charge in [-0.05, 0) is 43.9 Å². The molecule has 2 aliphatic rings. The molecule has 2 bridgehead atoms. The predicted octanol–water partition coefficient (Wildman–Crippen LogP) is 2.54. The molecule has 0 amide bonds. The van der Waals surface area contributed by atoms with Crippen LogP contribution in [0.4, 0.5) is 0 Å². The van der Waals surface area contributed by atoms with Crippen LogP contribution in [0.5, 0.6) is 0 Å². The van der Waals surface area contributed by atoms with Crippen molar-refractivity contribution < 1.29 is 9.53 Å². The minimum Gasteiger partial charge on any atom is -0.463 e. The molecule has 2 saturated carbocycles. The van der Waals surface area contributed by atoms with Gasteiger partial charge in [0.05, 0.1) is 6.61 Å². The van der Waals surface area contributed by atoms with Gasteiger partial charge in [0.2, 0.25) is 0 Å². The number of hydrogen-bond donors (Lipinski definition) is 0. The number of rotatable bonds is 2. The third kappa shape index (κ3) is 1.58. The molecule has 0 aromatic heterocycles. The van der Waals surface area contributed by atoms with Crippen LogP contribution in [0.2, 0.25) is 0 Å². The van der Waals surface area contributed by atoms with Crippen LogP contribution in [0.1, 0.15) is 33.1 Å². The maximum atomic E-state index is 11.3. The summed E-state index contributed by atoms with van der Waals surface area (Å²) in [5.41, 5.74) is 1.35. The molecule has 0 aliphatic heterocycles. The summed E-state index contributed by atoms with van der Waals surface area (Å²) in [6, 6.07) is 0. The van der Waals surface area contributed by atoms with Gasteiger partial charge < -0.3 is 4.74 Å². The molecule has 0 heterocycles. The average Bonchev–Trinajstić information content (AvgIpc) is 2.70. The molecule has 0 saturated heterocycles. The second-order valence-electron chi connectivity index (χ2n) is 4.46. The van der Waals surface area contributed by atoms with E-state index in [0.29, 0.717) is 18.4 Å². The Morgan fingerprint density at radius 2 is 2.36 bits per heavy atom. The number of esters is 1. The largest absolute Gasteiger partial charge is 0.463 e. The van der Waals surface area contributed by atoms with Crippen molar-refractivity contribution in [2.45, 2.75) is 33.1 Å². The molecule has 0 N–H and O–H groups in total. The molecule has 0 spiro atoms. The summed E-state index contributed by atoms with van der Waals surface area (Å²) < 4.78 is 4.94. The summed E-state index contributed by atoms with van der Waals surface area (Å²) >= 11 is 0. The number of allylic oxidation sites excluding steroid dienone is 1. The first kappa shape index (κ1) is 9.75. The summed E-state index contributed by atoms with van der Waals surface area (Å²) in [6.07, 6.45) is 5.68. The van der Waals surface area contributed by atoms with Crippen LogP contribution >= 0.6 is 0 Å². The maximum absolute atomic E-state index is 11.3. The van der Waals surface area contributed by atoms with Crippen LogP contribution in [0.3, 0.4) is 0 Å². The molecule has 2 aliphatic carbocycles. The Hall–Kier alpha value is -0.790. The van der Waals surface area contributed by atoms with E-state index in [1.54, 1.807) is 6.08 Å². The van der Waals surface area contributed by atoms with Gasteiger partial charge in [-0.2, -0.15) is 0 Å². The Labute approximate surface area is 85.3 Å². The minimum absolute atomic E-state index is 0.151. The summed E-state index contributed by atoms with van der Waals surface area (Å²) in [5.74, 6) is 1.97. The molecule has 3 atom stereocenters. The van der Waals surface area contributed by atoms with E-state index in [0.717, 1.165) is 5.92 Å². The Balaban J connectivity index is 2.07. The van der Waals surface area contributed by atoms with Crippen LogP contribution < -0.4 is 0 Å². The van der Waals surface area contributed by atoms with Gasteiger partial charge in [0.1, 0.15) is 0 Å². The lowest BCUT2D eigenvalue weighted by Gasteiger charge is -2.20. The highest BCUT2D eigenvalue weighted by Gasteiger charge is 2.41. The maximum Gasteiger partial charge on any atom is 0.330 e. The summed E-state index contributed by atoms with van der Waals surface area (Å²) in [6.45, 7) is 4.57. The van der Waals surface area contributed by atoms with E-state index in [1.165, 1.54) is 24.8 Å². The number of ether oxygens (including phenoxy) is 1. The second-order valence-corrected chi connectivity index (χ2v) is 4.46. The first-order valence-corrected chi connectivity index (χ1v) is 5.60. The van der Waals surface area contributed by atoms with E-state index < -0.39 is 0 Å². The van der Waals surface area contributed by atoms with Crippen LogP contribution in [-0.2, 0) is 9.53 Å². The lowest BCUT2D eigenvalue weighted by atomic mass is 9.85. The lowest BCUT2D eigenvalue weighted by molar-refractivity contribution is -0.137. The average molecular weight is 194 g/mol. The molecule has 78 valence electrons. The second kappa shape index (κ2) is 3.76. The van der Waals surface area contributed by atoms with Gasteiger partial charge in [0.15, 0.2) is 0 Å². The summed E-state index contributed by atoms with van der Waals surface area (Å²) in [7, 11) is 0. The highest BCUT2D eigenvalue weighted by atomic mass is 16.5. The quantitative estimate of drug-likeness (QED) is 0.499. The van der Waals surface area contributed by atoms with E-state index in [4.69, 9.17) is 4.74 Å². The van der Waals surface area contributed by atoms with E-state index in [2.05, 4.69) is 6.92 Å². The Morgan fingerprint density at radius 1 is 1.57 bits per heavy atom. The predicted molar refractivity (Wildman–Crippen MR) is 54.7 cm³/mol. The van der Waals surface area contributed by atoms with E-state index >= 15 is 0 Å². The molecule has 14 heavy (non-hydrogen) atoms. The Kier molecular flexibility index (Phi) is 2.62. The molecule has 0 aromatic carbocycles. The third-order valence-corrected chi connectivity index (χ3v) is 3.75. The van der Waals surface area contributed by atoms with Crippen LogP contribution in [0.15, 0.2) is 11.6 Å². The first-order valence-electron chi connectivity index (χ1n) is 5.60. The van der Waals surface area contributed by atoms with Gasteiger partial charge in [-0.15, -0.1) is 0 Å². The van der Waals surface area contributed by atoms with Gasteiger partial charge in [-0.3, -0.25) is 0 Å². The zero-order chi connectivity index (χ0) is 10.1. The highest BCUT2D eigenvalue weighted by molar-refractivity contribution is 5.83. The van der Waals surface area contributed by atoms with Crippen molar-refractivity contribution in [1.82, 2.24) is 0 Å². The van der Waals surface area contributed by atoms with Gasteiger partial charge in [0, 0.05) is 6.08 Å². The highest BCUT2D eigenvalue weighted by Crippen LogP contribution is 2.51. The monoisotopic (exact) mass is 194 g/mol. The van der Waals surface area contributed by atoms with Crippen LogP contribution in [-0.4, -0.2) is 12.6 Å². The molecule has 0 radical (unpaired) electrons. The first-order chi connectivity index (χ1) is 6.72. The summed E-state index contributed by atoms with van der Waals surface area (Å²) in [5, 5.41) is 0. The van der Waals surface area contributed by atoms with Crippen LogP contribution in [0.25, 0.3) is 0 Å². The fraction of sp³-hybridized carbons (Fsp3) is 0.750. The Morgan fingerprint density at radius 3 is 2.93 bits per heavy atom. The van der Waals surface area contributed by atoms with Crippen LogP contribution in [0, 0.1) is 17.8 Å². The van der Waals surface area contributed by atoms with E-state index in [1.807, 2.05) is 6.92 Å². The summed E-state index contributed by atoms with van der Waals surface area (Å²) in [4.78, 5) is 11.3. The SMILES string of the molecule is CCOC(=O)C=C1C2CCC(C2)C1C. The molecule has 2 rings (SSSR count). The fourth-order valence-corrected chi connectivity index (χ4v) is 2.99. The lowest BCUT2D eigenvalue weighted by Crippen LogP contribution is -2.12. The smallest absolute Gasteiger partial charge is 0.330 e. The molecular weight excluding hydrogens is 176 g/mol. The zero-order valence-corrected chi connectivity index (χ0v) is 8.95. The molecular formula is C12H18O2. The normalized spacial score (nSPS) is 37.9. The van der Waals surface area contributed by atoms with E-state index in [9.17, 15) is 4.79 Å². The van der Waals surface area contributed by atoms with E-state index in [-0.39, 0.29) is 5.97 Å². The third-order valence-electron chi connectivity index (χ3n) is 3.75. The van der Waals surface area contributed by atoms with Gasteiger partial charge in [-0.1, -0.05) is 12.5 Å². The van der Waals surface area contributed by atoms with Crippen molar-refractivity contribution in [3.63, 3.8) is 0 Å². The standard InChI is InChI=1S/C12H18O2/c1-3-14-12(13)7-11-8(2)9-4-5-10(11)6-9/h7-10H,3-6H2,1-2H3.